The van der Waals surface area contributed by atoms with Gasteiger partial charge in [0.1, 0.15) is 6.04 Å². The number of nitrogens with two attached hydrogens (primary N) is 2. The molecule has 1 atom stereocenters. The number of hydrogen-bond acceptors (Lipinski definition) is 4. The summed E-state index contributed by atoms with van der Waals surface area (Å²) in [6.45, 7) is 2.11. The van der Waals surface area contributed by atoms with Crippen molar-refractivity contribution >= 4 is 21.6 Å². The SMILES string of the molecule is Cc1ccc(S(=O)(=O)N2CCCC2C(N)=O)cc1N. The zero-order valence-electron chi connectivity index (χ0n) is 10.7. The Balaban J connectivity index is 2.42. The molecule has 1 aliphatic heterocycles. The largest absolute Gasteiger partial charge is 0.398 e. The van der Waals surface area contributed by atoms with Crippen LogP contribution in [0.15, 0.2) is 23.1 Å². The van der Waals surface area contributed by atoms with E-state index in [9.17, 15) is 13.2 Å². The number of aryl methyl sites for hydroxylation is 1. The average Bonchev–Trinajstić information content (AvgIpc) is 2.82. The zero-order valence-corrected chi connectivity index (χ0v) is 11.5. The number of nitrogens with zero attached hydrogens (tertiary/aromatic N) is 1. The number of anilines is 1. The maximum atomic E-state index is 12.5. The Morgan fingerprint density at radius 1 is 1.42 bits per heavy atom. The van der Waals surface area contributed by atoms with Gasteiger partial charge in [0, 0.05) is 12.2 Å². The van der Waals surface area contributed by atoms with E-state index in [1.165, 1.54) is 16.4 Å². The molecule has 0 spiro atoms. The van der Waals surface area contributed by atoms with Gasteiger partial charge in [-0.15, -0.1) is 0 Å². The summed E-state index contributed by atoms with van der Waals surface area (Å²) in [5.74, 6) is -0.610. The van der Waals surface area contributed by atoms with Crippen molar-refractivity contribution in [3.8, 4) is 0 Å². The lowest BCUT2D eigenvalue weighted by Crippen LogP contribution is -2.43. The van der Waals surface area contributed by atoms with E-state index in [0.29, 0.717) is 25.1 Å². The second kappa shape index (κ2) is 4.82. The van der Waals surface area contributed by atoms with Crippen LogP contribution in [0.1, 0.15) is 18.4 Å². The highest BCUT2D eigenvalue weighted by molar-refractivity contribution is 7.89. The summed E-state index contributed by atoms with van der Waals surface area (Å²) in [6, 6.07) is 3.81. The molecule has 1 amide bonds. The Kier molecular flexibility index (Phi) is 3.51. The third kappa shape index (κ3) is 2.43. The molecule has 6 nitrogen and oxygen atoms in total. The fourth-order valence-corrected chi connectivity index (χ4v) is 3.93. The third-order valence-electron chi connectivity index (χ3n) is 3.39. The summed E-state index contributed by atoms with van der Waals surface area (Å²) in [6.07, 6.45) is 1.10. The minimum absolute atomic E-state index is 0.101. The number of carbonyl (C=O) groups excluding carboxylic acids is 1. The molecular formula is C12H17N3O3S. The Bertz CT molecular complexity index is 613. The number of benzene rings is 1. The van der Waals surface area contributed by atoms with Crippen LogP contribution in [-0.4, -0.2) is 31.2 Å². The number of hydrogen-bond donors (Lipinski definition) is 2. The number of sulfonamides is 1. The lowest BCUT2D eigenvalue weighted by atomic mass is 10.2. The molecule has 0 saturated carbocycles. The zero-order chi connectivity index (χ0) is 14.2. The van der Waals surface area contributed by atoms with Gasteiger partial charge in [-0.3, -0.25) is 4.79 Å². The lowest BCUT2D eigenvalue weighted by molar-refractivity contribution is -0.121. The minimum atomic E-state index is -3.72. The van der Waals surface area contributed by atoms with Crippen molar-refractivity contribution in [3.63, 3.8) is 0 Å². The van der Waals surface area contributed by atoms with Crippen molar-refractivity contribution in [1.82, 2.24) is 4.31 Å². The number of rotatable bonds is 3. The van der Waals surface area contributed by atoms with Crippen molar-refractivity contribution in [1.29, 1.82) is 0 Å². The van der Waals surface area contributed by atoms with Gasteiger partial charge in [0.2, 0.25) is 15.9 Å². The Morgan fingerprint density at radius 3 is 2.68 bits per heavy atom. The number of primary amides is 1. The predicted molar refractivity (Wildman–Crippen MR) is 71.7 cm³/mol. The molecule has 1 aromatic rings. The summed E-state index contributed by atoms with van der Waals surface area (Å²) in [4.78, 5) is 11.4. The Hall–Kier alpha value is -1.60. The van der Waals surface area contributed by atoms with E-state index < -0.39 is 22.0 Å². The van der Waals surface area contributed by atoms with Gasteiger partial charge < -0.3 is 11.5 Å². The van der Waals surface area contributed by atoms with E-state index in [1.54, 1.807) is 13.0 Å². The fraction of sp³-hybridized carbons (Fsp3) is 0.417. The second-order valence-corrected chi connectivity index (χ2v) is 6.59. The average molecular weight is 283 g/mol. The first-order valence-electron chi connectivity index (χ1n) is 6.01. The monoisotopic (exact) mass is 283 g/mol. The summed E-state index contributed by atoms with van der Waals surface area (Å²) in [5, 5.41) is 0. The molecule has 0 aromatic heterocycles. The van der Waals surface area contributed by atoms with E-state index in [0.717, 1.165) is 5.56 Å². The smallest absolute Gasteiger partial charge is 0.243 e. The number of nitrogen functional groups attached to an aromatic ring is 1. The molecular weight excluding hydrogens is 266 g/mol. The van der Waals surface area contributed by atoms with E-state index in [-0.39, 0.29) is 4.90 Å². The van der Waals surface area contributed by atoms with Gasteiger partial charge in [0.15, 0.2) is 0 Å². The molecule has 2 rings (SSSR count). The van der Waals surface area contributed by atoms with Crippen LogP contribution in [0, 0.1) is 6.92 Å². The number of amides is 1. The molecule has 4 N–H and O–H groups in total. The molecule has 1 fully saturated rings. The van der Waals surface area contributed by atoms with Crippen molar-refractivity contribution < 1.29 is 13.2 Å². The lowest BCUT2D eigenvalue weighted by Gasteiger charge is -2.21. The topological polar surface area (TPSA) is 106 Å². The van der Waals surface area contributed by atoms with Gasteiger partial charge in [-0.2, -0.15) is 4.31 Å². The molecule has 1 heterocycles. The first-order valence-corrected chi connectivity index (χ1v) is 7.45. The van der Waals surface area contributed by atoms with Crippen LogP contribution in [0.5, 0.6) is 0 Å². The van der Waals surface area contributed by atoms with Gasteiger partial charge in [0.25, 0.3) is 0 Å². The fourth-order valence-electron chi connectivity index (χ4n) is 2.23. The van der Waals surface area contributed by atoms with Crippen molar-refractivity contribution in [2.75, 3.05) is 12.3 Å². The van der Waals surface area contributed by atoms with Gasteiger partial charge in [-0.25, -0.2) is 8.42 Å². The first-order chi connectivity index (χ1) is 8.84. The minimum Gasteiger partial charge on any atom is -0.398 e. The standard InChI is InChI=1S/C12H17N3O3S/c1-8-4-5-9(7-10(8)13)19(17,18)15-6-2-3-11(15)12(14)16/h4-5,7,11H,2-3,6,13H2,1H3,(H2,14,16). The molecule has 7 heteroatoms. The van der Waals surface area contributed by atoms with Crippen LogP contribution in [-0.2, 0) is 14.8 Å². The van der Waals surface area contributed by atoms with Crippen LogP contribution in [0.3, 0.4) is 0 Å². The molecule has 19 heavy (non-hydrogen) atoms. The molecule has 0 bridgehead atoms. The molecule has 0 aliphatic carbocycles. The molecule has 1 aromatic carbocycles. The molecule has 1 unspecified atom stereocenters. The predicted octanol–water partition coefficient (Wildman–Crippen LogP) is 0.216. The van der Waals surface area contributed by atoms with Crippen molar-refractivity contribution in [2.45, 2.75) is 30.7 Å². The summed E-state index contributed by atoms with van der Waals surface area (Å²) < 4.78 is 26.1. The molecule has 0 radical (unpaired) electrons. The van der Waals surface area contributed by atoms with Crippen LogP contribution in [0.2, 0.25) is 0 Å². The summed E-state index contributed by atoms with van der Waals surface area (Å²) in [7, 11) is -3.72. The highest BCUT2D eigenvalue weighted by Crippen LogP contribution is 2.27. The van der Waals surface area contributed by atoms with Crippen molar-refractivity contribution in [3.05, 3.63) is 23.8 Å². The normalized spacial score (nSPS) is 20.6. The van der Waals surface area contributed by atoms with Gasteiger partial charge in [-0.1, -0.05) is 6.07 Å². The Morgan fingerprint density at radius 2 is 2.11 bits per heavy atom. The van der Waals surface area contributed by atoms with Crippen LogP contribution in [0.4, 0.5) is 5.69 Å². The quantitative estimate of drug-likeness (QED) is 0.773. The van der Waals surface area contributed by atoms with E-state index in [1.807, 2.05) is 0 Å². The maximum absolute atomic E-state index is 12.5. The van der Waals surface area contributed by atoms with Crippen LogP contribution < -0.4 is 11.5 Å². The maximum Gasteiger partial charge on any atom is 0.243 e. The van der Waals surface area contributed by atoms with Gasteiger partial charge in [0.05, 0.1) is 4.90 Å². The number of carbonyl (C=O) groups is 1. The van der Waals surface area contributed by atoms with Crippen LogP contribution in [0.25, 0.3) is 0 Å². The molecule has 104 valence electrons. The second-order valence-electron chi connectivity index (χ2n) is 4.69. The summed E-state index contributed by atoms with van der Waals surface area (Å²) in [5.41, 5.74) is 12.2. The van der Waals surface area contributed by atoms with Gasteiger partial charge >= 0.3 is 0 Å². The summed E-state index contributed by atoms with van der Waals surface area (Å²) >= 11 is 0. The highest BCUT2D eigenvalue weighted by Gasteiger charge is 2.38. The molecule has 1 aliphatic rings. The van der Waals surface area contributed by atoms with E-state index >= 15 is 0 Å². The Labute approximate surface area is 112 Å². The van der Waals surface area contributed by atoms with E-state index in [2.05, 4.69) is 0 Å². The molecule has 1 saturated heterocycles. The van der Waals surface area contributed by atoms with Crippen molar-refractivity contribution in [2.24, 2.45) is 5.73 Å². The third-order valence-corrected chi connectivity index (χ3v) is 5.29. The van der Waals surface area contributed by atoms with Gasteiger partial charge in [-0.05, 0) is 37.5 Å². The van der Waals surface area contributed by atoms with E-state index in [4.69, 9.17) is 11.5 Å². The van der Waals surface area contributed by atoms with Crippen LogP contribution >= 0.6 is 0 Å². The first kappa shape index (κ1) is 13.8. The highest BCUT2D eigenvalue weighted by atomic mass is 32.2.